The molecule has 2 heterocycles. The molecule has 2 amide bonds. The number of aliphatic hydroxyl groups excluding tert-OH is 1. The van der Waals surface area contributed by atoms with Gasteiger partial charge in [0.1, 0.15) is 0 Å². The average Bonchev–Trinajstić information content (AvgIpc) is 3.35. The zero-order valence-electron chi connectivity index (χ0n) is 14.3. The van der Waals surface area contributed by atoms with Gasteiger partial charge in [-0.3, -0.25) is 4.90 Å². The van der Waals surface area contributed by atoms with Gasteiger partial charge in [-0.05, 0) is 24.3 Å². The quantitative estimate of drug-likeness (QED) is 0.496. The third-order valence-electron chi connectivity index (χ3n) is 4.12. The van der Waals surface area contributed by atoms with E-state index in [4.69, 9.17) is 0 Å². The smallest absolute Gasteiger partial charge is 0.326 e. The highest BCUT2D eigenvalue weighted by molar-refractivity contribution is 7.07. The van der Waals surface area contributed by atoms with E-state index in [2.05, 4.69) is 20.3 Å². The largest absolute Gasteiger partial charge is 0.395 e. The Bertz CT molecular complexity index is 1050. The van der Waals surface area contributed by atoms with Gasteiger partial charge in [-0.15, -0.1) is 11.3 Å². The van der Waals surface area contributed by atoms with Crippen LogP contribution in [0.4, 0.5) is 16.2 Å². The van der Waals surface area contributed by atoms with E-state index in [0.29, 0.717) is 5.69 Å². The van der Waals surface area contributed by atoms with E-state index in [9.17, 15) is 9.90 Å². The number of aromatic amines is 2. The zero-order chi connectivity index (χ0) is 18.6. The van der Waals surface area contributed by atoms with Gasteiger partial charge in [0.15, 0.2) is 16.7 Å². The number of para-hydroxylation sites is 1. The number of amides is 2. The lowest BCUT2D eigenvalue weighted by Crippen LogP contribution is -2.37. The number of H-pyrrole nitrogens is 2. The summed E-state index contributed by atoms with van der Waals surface area (Å²) in [6.45, 7) is 0.0896. The van der Waals surface area contributed by atoms with Gasteiger partial charge in [0.05, 0.1) is 18.7 Å². The van der Waals surface area contributed by atoms with Crippen LogP contribution in [-0.4, -0.2) is 34.3 Å². The molecule has 0 saturated carbocycles. The molecular formula is C19H18N5O2S+. The minimum atomic E-state index is -0.301. The number of thiazole rings is 1. The van der Waals surface area contributed by atoms with Crippen molar-refractivity contribution in [3.63, 3.8) is 0 Å². The van der Waals surface area contributed by atoms with Crippen molar-refractivity contribution in [1.82, 2.24) is 9.97 Å². The molecular weight excluding hydrogens is 362 g/mol. The minimum Gasteiger partial charge on any atom is -0.395 e. The van der Waals surface area contributed by atoms with Crippen LogP contribution in [0.5, 0.6) is 0 Å². The molecule has 27 heavy (non-hydrogen) atoms. The number of carbonyl (C=O) groups is 1. The molecule has 4 aromatic rings. The van der Waals surface area contributed by atoms with Gasteiger partial charge in [-0.2, -0.15) is 0 Å². The van der Waals surface area contributed by atoms with E-state index in [0.717, 1.165) is 28.2 Å². The summed E-state index contributed by atoms with van der Waals surface area (Å²) in [7, 11) is 0. The fraction of sp³-hybridized carbons (Fsp3) is 0.105. The molecule has 0 saturated heterocycles. The number of fused-ring (bicyclic) bond motifs is 1. The first-order chi connectivity index (χ1) is 13.2. The lowest BCUT2D eigenvalue weighted by molar-refractivity contribution is -0.330. The molecule has 0 unspecified atom stereocenters. The molecule has 136 valence electrons. The summed E-state index contributed by atoms with van der Waals surface area (Å²) in [5.41, 5.74) is 5.80. The Kier molecular flexibility index (Phi) is 4.82. The van der Waals surface area contributed by atoms with Crippen molar-refractivity contribution in [2.45, 2.75) is 0 Å². The van der Waals surface area contributed by atoms with Crippen LogP contribution in [0.25, 0.3) is 22.6 Å². The van der Waals surface area contributed by atoms with Crippen LogP contribution in [0.2, 0.25) is 0 Å². The summed E-state index contributed by atoms with van der Waals surface area (Å²) in [5.74, 6) is 0.820. The number of nitrogens with zero attached hydrogens (tertiary/aromatic N) is 2. The molecule has 4 rings (SSSR count). The number of anilines is 2. The Labute approximate surface area is 159 Å². The first kappa shape index (κ1) is 17.2. The van der Waals surface area contributed by atoms with E-state index in [1.54, 1.807) is 5.51 Å². The minimum absolute atomic E-state index is 0.121. The number of aliphatic hydroxyl groups is 1. The Balaban J connectivity index is 1.57. The van der Waals surface area contributed by atoms with Gasteiger partial charge in [0.25, 0.3) is 0 Å². The number of carbonyl (C=O) groups excluding carboxylic acids is 1. The van der Waals surface area contributed by atoms with E-state index in [1.165, 1.54) is 16.2 Å². The molecule has 8 heteroatoms. The molecule has 0 bridgehead atoms. The highest BCUT2D eigenvalue weighted by Gasteiger charge is 2.17. The second-order valence-electron chi connectivity index (χ2n) is 5.90. The molecule has 0 spiro atoms. The zero-order valence-corrected chi connectivity index (χ0v) is 15.2. The van der Waals surface area contributed by atoms with Crippen LogP contribution in [0.3, 0.4) is 0 Å². The van der Waals surface area contributed by atoms with Gasteiger partial charge in [-0.1, -0.05) is 18.2 Å². The molecule has 2 aromatic heterocycles. The summed E-state index contributed by atoms with van der Waals surface area (Å²) in [5, 5.41) is 14.2. The third-order valence-corrected chi connectivity index (χ3v) is 4.70. The standard InChI is InChI=1S/C19H17N5O2S/c25-9-8-24(14-4-2-1-3-5-14)19(26)21-13-6-7-15-16(10-13)23-18(22-15)17-11-27-12-20-17/h1-7,10-12,25H,8-9H2,(H,21,26)(H,22,23)/p+1. The van der Waals surface area contributed by atoms with Crippen LogP contribution in [0, 0.1) is 0 Å². The van der Waals surface area contributed by atoms with Crippen LogP contribution < -0.4 is 15.2 Å². The maximum absolute atomic E-state index is 12.7. The van der Waals surface area contributed by atoms with Crippen molar-refractivity contribution in [3.8, 4) is 11.5 Å². The van der Waals surface area contributed by atoms with Crippen LogP contribution in [0.15, 0.2) is 59.4 Å². The summed E-state index contributed by atoms with van der Waals surface area (Å²) < 4.78 is 0. The number of aromatic nitrogens is 3. The number of hydrogen-bond acceptors (Lipinski definition) is 4. The van der Waals surface area contributed by atoms with Crippen molar-refractivity contribution in [1.29, 1.82) is 0 Å². The number of benzene rings is 2. The topological polar surface area (TPSA) is 95.4 Å². The molecule has 0 radical (unpaired) electrons. The Morgan fingerprint density at radius 2 is 2.11 bits per heavy atom. The van der Waals surface area contributed by atoms with Gasteiger partial charge in [0.2, 0.25) is 0 Å². The molecule has 0 aliphatic carbocycles. The van der Waals surface area contributed by atoms with E-state index in [-0.39, 0.29) is 19.2 Å². The SMILES string of the molecule is O=C(Nc1ccc2[nH+]c(-c3cscn3)[nH]c2c1)N(CCO)c1ccccc1. The lowest BCUT2D eigenvalue weighted by Gasteiger charge is -2.22. The maximum Gasteiger partial charge on any atom is 0.326 e. The van der Waals surface area contributed by atoms with Gasteiger partial charge < -0.3 is 10.4 Å². The van der Waals surface area contributed by atoms with Gasteiger partial charge in [0, 0.05) is 22.8 Å². The molecule has 2 aromatic carbocycles. The van der Waals surface area contributed by atoms with E-state index < -0.39 is 0 Å². The predicted molar refractivity (Wildman–Crippen MR) is 106 cm³/mol. The van der Waals surface area contributed by atoms with Crippen molar-refractivity contribution in [2.24, 2.45) is 0 Å². The predicted octanol–water partition coefficient (Wildman–Crippen LogP) is 3.14. The lowest BCUT2D eigenvalue weighted by atomic mass is 10.2. The number of rotatable bonds is 5. The Hall–Kier alpha value is -3.23. The van der Waals surface area contributed by atoms with Crippen LogP contribution >= 0.6 is 11.3 Å². The van der Waals surface area contributed by atoms with Crippen LogP contribution in [-0.2, 0) is 0 Å². The van der Waals surface area contributed by atoms with Crippen LogP contribution in [0.1, 0.15) is 0 Å². The molecule has 7 nitrogen and oxygen atoms in total. The number of urea groups is 1. The highest BCUT2D eigenvalue weighted by Crippen LogP contribution is 2.21. The second-order valence-corrected chi connectivity index (χ2v) is 6.62. The normalized spacial score (nSPS) is 10.9. The molecule has 0 aliphatic heterocycles. The average molecular weight is 380 g/mol. The molecule has 0 aliphatic rings. The Morgan fingerprint density at radius 1 is 1.26 bits per heavy atom. The van der Waals surface area contributed by atoms with E-state index in [1.807, 2.05) is 53.9 Å². The molecule has 0 atom stereocenters. The summed E-state index contributed by atoms with van der Waals surface area (Å²) in [6.07, 6.45) is 0. The summed E-state index contributed by atoms with van der Waals surface area (Å²) in [4.78, 5) is 25.1. The van der Waals surface area contributed by atoms with Crippen molar-refractivity contribution < 1.29 is 14.9 Å². The second kappa shape index (κ2) is 7.56. The first-order valence-electron chi connectivity index (χ1n) is 8.42. The highest BCUT2D eigenvalue weighted by atomic mass is 32.1. The maximum atomic E-state index is 12.7. The number of nitrogens with one attached hydrogen (secondary N) is 3. The summed E-state index contributed by atoms with van der Waals surface area (Å²) >= 11 is 1.53. The fourth-order valence-electron chi connectivity index (χ4n) is 2.85. The number of hydrogen-bond donors (Lipinski definition) is 3. The fourth-order valence-corrected chi connectivity index (χ4v) is 3.39. The van der Waals surface area contributed by atoms with Gasteiger partial charge in [-0.25, -0.2) is 19.7 Å². The van der Waals surface area contributed by atoms with Crippen molar-refractivity contribution >= 4 is 39.8 Å². The Morgan fingerprint density at radius 3 is 2.85 bits per heavy atom. The molecule has 4 N–H and O–H groups in total. The monoisotopic (exact) mass is 380 g/mol. The van der Waals surface area contributed by atoms with Crippen molar-refractivity contribution in [3.05, 3.63) is 59.4 Å². The number of imidazole rings is 1. The van der Waals surface area contributed by atoms with E-state index >= 15 is 0 Å². The molecule has 0 fully saturated rings. The summed E-state index contributed by atoms with van der Waals surface area (Å²) in [6, 6.07) is 14.5. The van der Waals surface area contributed by atoms with Gasteiger partial charge >= 0.3 is 11.9 Å². The van der Waals surface area contributed by atoms with Crippen molar-refractivity contribution in [2.75, 3.05) is 23.4 Å². The first-order valence-corrected chi connectivity index (χ1v) is 9.37. The third kappa shape index (κ3) is 3.67.